The molecule has 4 nitrogen and oxygen atoms in total. The maximum atomic E-state index is 13.0. The Hall–Kier alpha value is -2.48. The minimum Gasteiger partial charge on any atom is -0.465 e. The number of nitrogens with one attached hydrogen (secondary N) is 1. The van der Waals surface area contributed by atoms with Crippen LogP contribution in [0.2, 0.25) is 0 Å². The highest BCUT2D eigenvalue weighted by Crippen LogP contribution is 2.37. The molecule has 0 spiro atoms. The van der Waals surface area contributed by atoms with Crippen molar-refractivity contribution in [3.8, 4) is 0 Å². The van der Waals surface area contributed by atoms with Gasteiger partial charge in [0, 0.05) is 0 Å². The predicted octanol–water partition coefficient (Wildman–Crippen LogP) is 4.83. The third-order valence-electron chi connectivity index (χ3n) is 2.91. The highest BCUT2D eigenvalue weighted by molar-refractivity contribution is 8.18. The summed E-state index contributed by atoms with van der Waals surface area (Å²) in [4.78, 5) is 15.9. The van der Waals surface area contributed by atoms with Crippen molar-refractivity contribution in [2.24, 2.45) is 4.99 Å². The number of carbonyl (C=O) groups is 1. The van der Waals surface area contributed by atoms with E-state index in [1.165, 1.54) is 30.5 Å². The maximum absolute atomic E-state index is 13.0. The van der Waals surface area contributed by atoms with Crippen LogP contribution in [0.4, 0.5) is 23.7 Å². The third kappa shape index (κ3) is 3.48. The topological polar surface area (TPSA) is 54.6 Å². The lowest BCUT2D eigenvalue weighted by molar-refractivity contribution is -0.137. The van der Waals surface area contributed by atoms with Crippen LogP contribution in [0.3, 0.4) is 0 Å². The Morgan fingerprint density at radius 2 is 1.96 bits per heavy atom. The fourth-order valence-corrected chi connectivity index (χ4v) is 2.66. The molecule has 23 heavy (non-hydrogen) atoms. The molecule has 1 aromatic heterocycles. The van der Waals surface area contributed by atoms with Crippen molar-refractivity contribution in [1.82, 2.24) is 5.32 Å². The number of rotatable bonds is 2. The predicted molar refractivity (Wildman–Crippen MR) is 81.3 cm³/mol. The van der Waals surface area contributed by atoms with E-state index in [4.69, 9.17) is 4.42 Å². The van der Waals surface area contributed by atoms with Crippen molar-refractivity contribution in [1.29, 1.82) is 0 Å². The summed E-state index contributed by atoms with van der Waals surface area (Å²) in [5, 5.41) is 2.03. The minimum atomic E-state index is -4.53. The summed E-state index contributed by atoms with van der Waals surface area (Å²) in [6.45, 7) is 0. The second kappa shape index (κ2) is 5.96. The fraction of sp³-hybridized carbons (Fsp3) is 0.0667. The van der Waals surface area contributed by atoms with Crippen molar-refractivity contribution in [2.45, 2.75) is 6.18 Å². The molecule has 1 aliphatic heterocycles. The number of amides is 1. The number of benzene rings is 1. The van der Waals surface area contributed by atoms with Crippen molar-refractivity contribution in [3.63, 3.8) is 0 Å². The summed E-state index contributed by atoms with van der Waals surface area (Å²) in [5.74, 6) is 0.536. The molecule has 8 heteroatoms. The van der Waals surface area contributed by atoms with Crippen molar-refractivity contribution in [2.75, 3.05) is 0 Å². The van der Waals surface area contributed by atoms with E-state index in [0.29, 0.717) is 10.7 Å². The number of carbonyl (C=O) groups excluding carboxylic acids is 1. The van der Waals surface area contributed by atoms with Gasteiger partial charge in [-0.2, -0.15) is 13.2 Å². The second-order valence-corrected chi connectivity index (χ2v) is 5.53. The zero-order valence-electron chi connectivity index (χ0n) is 11.4. The quantitative estimate of drug-likeness (QED) is 0.853. The van der Waals surface area contributed by atoms with Gasteiger partial charge in [-0.25, -0.2) is 4.99 Å². The zero-order valence-corrected chi connectivity index (χ0v) is 12.2. The number of furan rings is 1. The molecule has 3 rings (SSSR count). The van der Waals surface area contributed by atoms with Crippen LogP contribution in [0.25, 0.3) is 6.08 Å². The molecule has 0 atom stereocenters. The normalized spacial score (nSPS) is 18.7. The Bertz CT molecular complexity index is 795. The van der Waals surface area contributed by atoms with Gasteiger partial charge in [-0.1, -0.05) is 12.1 Å². The summed E-state index contributed by atoms with van der Waals surface area (Å²) in [6.07, 6.45) is -1.53. The van der Waals surface area contributed by atoms with Crippen molar-refractivity contribution >= 4 is 34.6 Å². The van der Waals surface area contributed by atoms with Crippen molar-refractivity contribution in [3.05, 3.63) is 58.9 Å². The molecule has 1 aromatic carbocycles. The van der Waals surface area contributed by atoms with Gasteiger partial charge >= 0.3 is 6.18 Å². The number of aliphatic imine (C=N–C) groups is 1. The smallest absolute Gasteiger partial charge is 0.418 e. The molecule has 2 aromatic rings. The Morgan fingerprint density at radius 1 is 1.17 bits per heavy atom. The van der Waals surface area contributed by atoms with Gasteiger partial charge in [0.15, 0.2) is 0 Å². The summed E-state index contributed by atoms with van der Waals surface area (Å²) >= 11 is 0.844. The van der Waals surface area contributed by atoms with Crippen LogP contribution in [-0.4, -0.2) is 11.1 Å². The molecule has 0 unspecified atom stereocenters. The molecule has 1 fully saturated rings. The van der Waals surface area contributed by atoms with Crippen molar-refractivity contribution < 1.29 is 22.4 Å². The van der Waals surface area contributed by atoms with Gasteiger partial charge in [0.25, 0.3) is 5.24 Å². The van der Waals surface area contributed by atoms with Gasteiger partial charge in [-0.05, 0) is 42.1 Å². The Balaban J connectivity index is 2.03. The molecule has 1 aliphatic rings. The molecule has 1 amide bonds. The average Bonchev–Trinajstić information content (AvgIpc) is 3.09. The second-order valence-electron chi connectivity index (χ2n) is 4.51. The number of hydrogen-bond acceptors (Lipinski definition) is 4. The highest BCUT2D eigenvalue weighted by Gasteiger charge is 2.34. The van der Waals surface area contributed by atoms with Crippen LogP contribution in [0.1, 0.15) is 11.3 Å². The van der Waals surface area contributed by atoms with E-state index in [1.54, 1.807) is 12.1 Å². The highest BCUT2D eigenvalue weighted by atomic mass is 32.2. The first-order valence-corrected chi connectivity index (χ1v) is 7.24. The molecule has 0 radical (unpaired) electrons. The first-order valence-electron chi connectivity index (χ1n) is 6.43. The first kappa shape index (κ1) is 15.4. The SMILES string of the molecule is O=C1NC(=Nc2ccccc2C(F)(F)F)/C(=C/c2ccco2)S1. The molecule has 1 saturated heterocycles. The number of nitrogens with zero attached hydrogens (tertiary/aromatic N) is 1. The summed E-state index contributed by atoms with van der Waals surface area (Å²) in [5.41, 5.74) is -1.13. The molecular formula is C15H9F3N2O2S. The lowest BCUT2D eigenvalue weighted by atomic mass is 10.2. The van der Waals surface area contributed by atoms with Gasteiger partial charge in [0.05, 0.1) is 22.4 Å². The zero-order chi connectivity index (χ0) is 16.4. The monoisotopic (exact) mass is 338 g/mol. The summed E-state index contributed by atoms with van der Waals surface area (Å²) < 4.78 is 44.2. The first-order chi connectivity index (χ1) is 10.9. The molecule has 1 N–H and O–H groups in total. The summed E-state index contributed by atoms with van der Waals surface area (Å²) in [7, 11) is 0. The lowest BCUT2D eigenvalue weighted by Crippen LogP contribution is -2.19. The van der Waals surface area contributed by atoms with E-state index in [-0.39, 0.29) is 11.5 Å². The van der Waals surface area contributed by atoms with E-state index in [0.717, 1.165) is 17.8 Å². The molecule has 2 heterocycles. The van der Waals surface area contributed by atoms with Crippen LogP contribution in [0, 0.1) is 0 Å². The number of halogens is 3. The van der Waals surface area contributed by atoms with Gasteiger partial charge in [0.2, 0.25) is 0 Å². The molecule has 0 saturated carbocycles. The van der Waals surface area contributed by atoms with Gasteiger partial charge in [-0.3, -0.25) is 4.79 Å². The van der Waals surface area contributed by atoms with Gasteiger partial charge in [0.1, 0.15) is 11.6 Å². The molecule has 0 aliphatic carbocycles. The van der Waals surface area contributed by atoms with E-state index in [9.17, 15) is 18.0 Å². The number of para-hydroxylation sites is 1. The maximum Gasteiger partial charge on any atom is 0.418 e. The number of thioether (sulfide) groups is 1. The minimum absolute atomic E-state index is 0.0631. The van der Waals surface area contributed by atoms with E-state index in [1.807, 2.05) is 0 Å². The third-order valence-corrected chi connectivity index (χ3v) is 3.73. The van der Waals surface area contributed by atoms with E-state index >= 15 is 0 Å². The molecular weight excluding hydrogens is 329 g/mol. The standard InChI is InChI=1S/C15H9F3N2O2S/c16-15(17,18)10-5-1-2-6-11(10)19-13-12(23-14(21)20-13)8-9-4-3-7-22-9/h1-8H,(H,19,20,21)/b12-8-. The number of alkyl halides is 3. The van der Waals surface area contributed by atoms with Gasteiger partial charge in [-0.15, -0.1) is 0 Å². The fourth-order valence-electron chi connectivity index (χ4n) is 1.95. The molecule has 0 bridgehead atoms. The van der Waals surface area contributed by atoms with Crippen LogP contribution in [0.15, 0.2) is 57.0 Å². The Labute approximate surface area is 133 Å². The number of hydrogen-bond donors (Lipinski definition) is 1. The van der Waals surface area contributed by atoms with Crippen LogP contribution in [0.5, 0.6) is 0 Å². The largest absolute Gasteiger partial charge is 0.465 e. The Kier molecular flexibility index (Phi) is 3.99. The number of amidine groups is 1. The molecule has 118 valence electrons. The van der Waals surface area contributed by atoms with Gasteiger partial charge < -0.3 is 9.73 Å². The van der Waals surface area contributed by atoms with Crippen LogP contribution in [-0.2, 0) is 6.18 Å². The Morgan fingerprint density at radius 3 is 2.65 bits per heavy atom. The van der Waals surface area contributed by atoms with E-state index in [2.05, 4.69) is 10.3 Å². The van der Waals surface area contributed by atoms with Crippen LogP contribution < -0.4 is 5.32 Å². The summed E-state index contributed by atoms with van der Waals surface area (Å²) in [6, 6.07) is 8.26. The lowest BCUT2D eigenvalue weighted by Gasteiger charge is -2.09. The average molecular weight is 338 g/mol. The van der Waals surface area contributed by atoms with E-state index < -0.39 is 17.0 Å². The van der Waals surface area contributed by atoms with Crippen LogP contribution >= 0.6 is 11.8 Å².